The normalized spacial score (nSPS) is 26.6. The molecule has 1 amide bonds. The molecule has 2 aliphatic rings. The van der Waals surface area contributed by atoms with Gasteiger partial charge in [-0.05, 0) is 43.6 Å². The molecule has 2 atom stereocenters. The molecule has 2 unspecified atom stereocenters. The van der Waals surface area contributed by atoms with Crippen molar-refractivity contribution in [3.05, 3.63) is 27.8 Å². The average Bonchev–Trinajstić information content (AvgIpc) is 3.04. The molecule has 10 heteroatoms. The van der Waals surface area contributed by atoms with Gasteiger partial charge in [-0.1, -0.05) is 13.8 Å². The van der Waals surface area contributed by atoms with Gasteiger partial charge < -0.3 is 15.5 Å². The van der Waals surface area contributed by atoms with Crippen molar-refractivity contribution in [2.45, 2.75) is 51.7 Å². The summed E-state index contributed by atoms with van der Waals surface area (Å²) in [6.45, 7) is 5.68. The van der Waals surface area contributed by atoms with E-state index in [1.165, 1.54) is 6.07 Å². The average molecular weight is 442 g/mol. The minimum Gasteiger partial charge on any atom is -0.383 e. The zero-order chi connectivity index (χ0) is 22.9. The molecule has 1 heterocycles. The minimum absolute atomic E-state index is 0.0265. The van der Waals surface area contributed by atoms with E-state index in [-0.39, 0.29) is 43.0 Å². The van der Waals surface area contributed by atoms with Crippen molar-refractivity contribution in [1.29, 1.82) is 0 Å². The number of anilines is 2. The first-order valence-electron chi connectivity index (χ1n) is 10.6. The zero-order valence-corrected chi connectivity index (χ0v) is 18.0. The Morgan fingerprint density at radius 1 is 1.13 bits per heavy atom. The van der Waals surface area contributed by atoms with Crippen molar-refractivity contribution in [3.8, 4) is 0 Å². The Balaban J connectivity index is 1.85. The van der Waals surface area contributed by atoms with Crippen molar-refractivity contribution in [3.63, 3.8) is 0 Å². The topological polar surface area (TPSA) is 87.5 Å². The Labute approximate surface area is 179 Å². The number of carbonyl (C=O) groups is 1. The number of halogens is 3. The van der Waals surface area contributed by atoms with Crippen LogP contribution in [0.1, 0.15) is 49.9 Å². The van der Waals surface area contributed by atoms with E-state index in [0.717, 1.165) is 13.1 Å². The second-order valence-electron chi connectivity index (χ2n) is 8.82. The molecule has 1 aromatic carbocycles. The number of carbonyl (C=O) groups excluding carboxylic acids is 1. The summed E-state index contributed by atoms with van der Waals surface area (Å²) in [7, 11) is 1.58. The monoisotopic (exact) mass is 442 g/mol. The molecule has 0 spiro atoms. The van der Waals surface area contributed by atoms with Gasteiger partial charge >= 0.3 is 6.18 Å². The maximum atomic E-state index is 13.1. The fraction of sp³-hybridized carbons (Fsp3) is 0.667. The van der Waals surface area contributed by atoms with E-state index >= 15 is 0 Å². The van der Waals surface area contributed by atoms with Gasteiger partial charge in [0, 0.05) is 32.2 Å². The van der Waals surface area contributed by atoms with E-state index in [1.807, 2.05) is 0 Å². The summed E-state index contributed by atoms with van der Waals surface area (Å²) in [6, 6.07) is 2.52. The van der Waals surface area contributed by atoms with E-state index in [1.54, 1.807) is 13.1 Å². The predicted molar refractivity (Wildman–Crippen MR) is 112 cm³/mol. The molecule has 2 fully saturated rings. The number of amides is 1. The molecule has 1 saturated heterocycles. The van der Waals surface area contributed by atoms with Crippen LogP contribution in [0.15, 0.2) is 12.1 Å². The van der Waals surface area contributed by atoms with E-state index in [0.29, 0.717) is 23.2 Å². The van der Waals surface area contributed by atoms with Gasteiger partial charge in [-0.15, -0.1) is 0 Å². The first-order chi connectivity index (χ1) is 14.5. The summed E-state index contributed by atoms with van der Waals surface area (Å²) in [5, 5.41) is 17.2. The summed E-state index contributed by atoms with van der Waals surface area (Å²) in [5.41, 5.74) is 0.893. The summed E-state index contributed by atoms with van der Waals surface area (Å²) >= 11 is 0. The number of nitro groups is 1. The Kier molecular flexibility index (Phi) is 6.66. The Morgan fingerprint density at radius 2 is 1.71 bits per heavy atom. The smallest absolute Gasteiger partial charge is 0.383 e. The molecular weight excluding hydrogens is 413 g/mol. The second kappa shape index (κ2) is 8.92. The number of nitrogens with zero attached hydrogens (tertiary/aromatic N) is 2. The highest BCUT2D eigenvalue weighted by atomic mass is 19.4. The number of nitro benzene ring substituents is 1. The Hall–Kier alpha value is -2.52. The lowest BCUT2D eigenvalue weighted by atomic mass is 9.85. The van der Waals surface area contributed by atoms with Gasteiger partial charge in [-0.2, -0.15) is 13.2 Å². The van der Waals surface area contributed by atoms with Gasteiger partial charge in [-0.25, -0.2) is 0 Å². The van der Waals surface area contributed by atoms with Crippen molar-refractivity contribution in [1.82, 2.24) is 5.32 Å². The van der Waals surface area contributed by atoms with E-state index < -0.39 is 22.9 Å². The van der Waals surface area contributed by atoms with Gasteiger partial charge in [0.1, 0.15) is 5.69 Å². The molecule has 2 N–H and O–H groups in total. The number of hydrogen-bond acceptors (Lipinski definition) is 5. The van der Waals surface area contributed by atoms with Crippen molar-refractivity contribution in [2.75, 3.05) is 30.4 Å². The van der Waals surface area contributed by atoms with Crippen LogP contribution in [-0.2, 0) is 0 Å². The number of hydrogen-bond donors (Lipinski definition) is 2. The van der Waals surface area contributed by atoms with Gasteiger partial charge in [0.15, 0.2) is 0 Å². The molecule has 3 rings (SSSR count). The molecule has 172 valence electrons. The maximum Gasteiger partial charge on any atom is 0.391 e. The third-order valence-corrected chi connectivity index (χ3v) is 6.68. The molecule has 0 radical (unpaired) electrons. The first-order valence-corrected chi connectivity index (χ1v) is 10.6. The fourth-order valence-corrected chi connectivity index (χ4v) is 4.53. The van der Waals surface area contributed by atoms with Crippen LogP contribution in [-0.4, -0.2) is 43.2 Å². The van der Waals surface area contributed by atoms with Gasteiger partial charge in [-0.3, -0.25) is 14.9 Å². The molecule has 0 aromatic heterocycles. The summed E-state index contributed by atoms with van der Waals surface area (Å²) in [6.07, 6.45) is -3.79. The summed E-state index contributed by atoms with van der Waals surface area (Å²) < 4.78 is 38.7. The SMILES string of the molecule is CNc1cc(N2CC(C)C(C)C2)c(C(=O)NC2CCC(C(F)(F)F)CC2)cc1[N+](=O)[O-]. The summed E-state index contributed by atoms with van der Waals surface area (Å²) in [5.74, 6) is -1.01. The van der Waals surface area contributed by atoms with E-state index in [2.05, 4.69) is 29.4 Å². The van der Waals surface area contributed by atoms with Crippen LogP contribution in [0.4, 0.5) is 30.2 Å². The molecule has 1 saturated carbocycles. The molecule has 7 nitrogen and oxygen atoms in total. The van der Waals surface area contributed by atoms with Crippen LogP contribution in [0.3, 0.4) is 0 Å². The van der Waals surface area contributed by atoms with Gasteiger partial charge in [0.05, 0.1) is 22.1 Å². The van der Waals surface area contributed by atoms with Crippen LogP contribution in [0, 0.1) is 27.9 Å². The number of nitrogens with one attached hydrogen (secondary N) is 2. The molecule has 1 aliphatic carbocycles. The number of rotatable bonds is 5. The van der Waals surface area contributed by atoms with Crippen LogP contribution >= 0.6 is 0 Å². The lowest BCUT2D eigenvalue weighted by Gasteiger charge is -2.31. The quantitative estimate of drug-likeness (QED) is 0.515. The maximum absolute atomic E-state index is 13.1. The van der Waals surface area contributed by atoms with Crippen molar-refractivity contribution < 1.29 is 22.9 Å². The Bertz CT molecular complexity index is 828. The highest BCUT2D eigenvalue weighted by Gasteiger charge is 2.41. The van der Waals surface area contributed by atoms with Crippen LogP contribution in [0.5, 0.6) is 0 Å². The molecule has 31 heavy (non-hydrogen) atoms. The lowest BCUT2D eigenvalue weighted by Crippen LogP contribution is -2.40. The largest absolute Gasteiger partial charge is 0.391 e. The lowest BCUT2D eigenvalue weighted by molar-refractivity contribution is -0.383. The zero-order valence-electron chi connectivity index (χ0n) is 18.0. The van der Waals surface area contributed by atoms with Crippen LogP contribution < -0.4 is 15.5 Å². The third-order valence-electron chi connectivity index (χ3n) is 6.68. The Morgan fingerprint density at radius 3 is 2.19 bits per heavy atom. The highest BCUT2D eigenvalue weighted by molar-refractivity contribution is 6.02. The molecule has 0 bridgehead atoms. The van der Waals surface area contributed by atoms with Crippen molar-refractivity contribution in [2.24, 2.45) is 17.8 Å². The van der Waals surface area contributed by atoms with Crippen molar-refractivity contribution >= 4 is 23.0 Å². The highest BCUT2D eigenvalue weighted by Crippen LogP contribution is 2.39. The summed E-state index contributed by atoms with van der Waals surface area (Å²) in [4.78, 5) is 26.1. The third kappa shape index (κ3) is 5.04. The standard InChI is InChI=1S/C21H29F3N4O3/c1-12-10-27(11-13(12)2)18-9-17(25-3)19(28(30)31)8-16(18)20(29)26-15-6-4-14(5-7-15)21(22,23)24/h8-9,12-15,25H,4-7,10-11H2,1-3H3,(H,26,29). The number of alkyl halides is 3. The first kappa shape index (κ1) is 23.1. The fourth-order valence-electron chi connectivity index (χ4n) is 4.53. The number of benzene rings is 1. The molecule has 1 aliphatic heterocycles. The van der Waals surface area contributed by atoms with Crippen LogP contribution in [0.25, 0.3) is 0 Å². The van der Waals surface area contributed by atoms with Gasteiger partial charge in [0.25, 0.3) is 11.6 Å². The minimum atomic E-state index is -4.21. The molecular formula is C21H29F3N4O3. The van der Waals surface area contributed by atoms with Gasteiger partial charge in [0.2, 0.25) is 0 Å². The second-order valence-corrected chi connectivity index (χ2v) is 8.82. The predicted octanol–water partition coefficient (Wildman–Crippen LogP) is 4.58. The molecule has 1 aromatic rings. The van der Waals surface area contributed by atoms with Crippen LogP contribution in [0.2, 0.25) is 0 Å². The van der Waals surface area contributed by atoms with E-state index in [4.69, 9.17) is 0 Å². The van der Waals surface area contributed by atoms with E-state index in [9.17, 15) is 28.1 Å².